The molecule has 0 saturated heterocycles. The van der Waals surface area contributed by atoms with Crippen molar-refractivity contribution in [3.63, 3.8) is 0 Å². The zero-order chi connectivity index (χ0) is 12.3. The number of nitrogens with one attached hydrogen (secondary N) is 1. The molecule has 0 aliphatic heterocycles. The number of hydrogen-bond acceptors (Lipinski definition) is 4. The minimum absolute atomic E-state index is 0.738. The topological polar surface area (TPSA) is 47.0 Å². The van der Waals surface area contributed by atoms with Crippen molar-refractivity contribution >= 4 is 5.82 Å². The summed E-state index contributed by atoms with van der Waals surface area (Å²) >= 11 is 0. The molecule has 0 spiro atoms. The van der Waals surface area contributed by atoms with Gasteiger partial charge in [0.2, 0.25) is 5.88 Å². The normalized spacial score (nSPS) is 14.8. The van der Waals surface area contributed by atoms with E-state index in [4.69, 9.17) is 4.74 Å². The molecule has 1 aromatic rings. The van der Waals surface area contributed by atoms with Gasteiger partial charge in [-0.25, -0.2) is 4.98 Å². The lowest BCUT2D eigenvalue weighted by Gasteiger charge is -2.12. The smallest absolute Gasteiger partial charge is 0.221 e. The Kier molecular flexibility index (Phi) is 3.82. The van der Waals surface area contributed by atoms with Crippen LogP contribution in [0, 0.1) is 12.8 Å². The molecule has 94 valence electrons. The standard InChI is InChI=1S/C13H21N3O/c1-4-11-15-12(14-3)9(2)13(16-11)17-8-7-10-5-6-10/h10H,4-8H2,1-3H3,(H,14,15,16). The van der Waals surface area contributed by atoms with Gasteiger partial charge in [0.25, 0.3) is 0 Å². The zero-order valence-electron chi connectivity index (χ0n) is 10.9. The van der Waals surface area contributed by atoms with E-state index >= 15 is 0 Å². The Morgan fingerprint density at radius 3 is 2.71 bits per heavy atom. The number of ether oxygens (including phenoxy) is 1. The van der Waals surface area contributed by atoms with Crippen molar-refractivity contribution in [1.82, 2.24) is 9.97 Å². The molecule has 4 heteroatoms. The summed E-state index contributed by atoms with van der Waals surface area (Å²) in [6.07, 6.45) is 4.72. The Morgan fingerprint density at radius 1 is 1.35 bits per heavy atom. The number of aryl methyl sites for hydroxylation is 1. The molecule has 2 rings (SSSR count). The highest BCUT2D eigenvalue weighted by atomic mass is 16.5. The molecule has 1 N–H and O–H groups in total. The van der Waals surface area contributed by atoms with Crippen LogP contribution in [0.5, 0.6) is 5.88 Å². The van der Waals surface area contributed by atoms with Crippen molar-refractivity contribution in [2.45, 2.75) is 39.5 Å². The predicted octanol–water partition coefficient (Wildman–Crippen LogP) is 2.57. The predicted molar refractivity (Wildman–Crippen MR) is 68.5 cm³/mol. The average Bonchev–Trinajstić information content (AvgIpc) is 3.15. The van der Waals surface area contributed by atoms with Crippen LogP contribution in [0.25, 0.3) is 0 Å². The molecule has 1 aromatic heterocycles. The van der Waals surface area contributed by atoms with Crippen LogP contribution in [0.15, 0.2) is 0 Å². The summed E-state index contributed by atoms with van der Waals surface area (Å²) in [6, 6.07) is 0. The third kappa shape index (κ3) is 3.08. The molecule has 0 amide bonds. The summed E-state index contributed by atoms with van der Waals surface area (Å²) in [6.45, 7) is 4.82. The molecule has 17 heavy (non-hydrogen) atoms. The van der Waals surface area contributed by atoms with E-state index in [1.807, 2.05) is 14.0 Å². The molecule has 0 atom stereocenters. The van der Waals surface area contributed by atoms with E-state index in [0.717, 1.165) is 48.5 Å². The van der Waals surface area contributed by atoms with E-state index in [9.17, 15) is 0 Å². The highest BCUT2D eigenvalue weighted by molar-refractivity contribution is 5.48. The van der Waals surface area contributed by atoms with Crippen LogP contribution in [-0.2, 0) is 6.42 Å². The summed E-state index contributed by atoms with van der Waals surface area (Å²) in [4.78, 5) is 8.87. The summed E-state index contributed by atoms with van der Waals surface area (Å²) in [5.74, 6) is 3.34. The van der Waals surface area contributed by atoms with Crippen molar-refractivity contribution in [2.75, 3.05) is 19.0 Å². The molecule has 0 bridgehead atoms. The second kappa shape index (κ2) is 5.34. The molecule has 1 saturated carbocycles. The first kappa shape index (κ1) is 12.1. The van der Waals surface area contributed by atoms with Gasteiger partial charge in [0, 0.05) is 13.5 Å². The monoisotopic (exact) mass is 235 g/mol. The number of rotatable bonds is 6. The Hall–Kier alpha value is -1.32. The van der Waals surface area contributed by atoms with Crippen molar-refractivity contribution in [3.05, 3.63) is 11.4 Å². The van der Waals surface area contributed by atoms with Crippen LogP contribution >= 0.6 is 0 Å². The van der Waals surface area contributed by atoms with E-state index < -0.39 is 0 Å². The molecule has 0 aromatic carbocycles. The van der Waals surface area contributed by atoms with E-state index in [-0.39, 0.29) is 0 Å². The molecule has 0 unspecified atom stereocenters. The van der Waals surface area contributed by atoms with Gasteiger partial charge in [0.1, 0.15) is 11.6 Å². The van der Waals surface area contributed by atoms with E-state index in [2.05, 4.69) is 22.2 Å². The summed E-state index contributed by atoms with van der Waals surface area (Å²) in [5.41, 5.74) is 1.00. The van der Waals surface area contributed by atoms with Gasteiger partial charge in [-0.15, -0.1) is 0 Å². The summed E-state index contributed by atoms with van der Waals surface area (Å²) in [5, 5.41) is 3.09. The van der Waals surface area contributed by atoms with Gasteiger partial charge in [0.15, 0.2) is 0 Å². The lowest BCUT2D eigenvalue weighted by atomic mass is 10.3. The third-order valence-electron chi connectivity index (χ3n) is 3.16. The molecular weight excluding hydrogens is 214 g/mol. The maximum atomic E-state index is 5.78. The van der Waals surface area contributed by atoms with Crippen molar-refractivity contribution in [3.8, 4) is 5.88 Å². The molecule has 1 aliphatic rings. The second-order valence-electron chi connectivity index (χ2n) is 4.60. The third-order valence-corrected chi connectivity index (χ3v) is 3.16. The number of anilines is 1. The number of aromatic nitrogens is 2. The number of hydrogen-bond donors (Lipinski definition) is 1. The van der Waals surface area contributed by atoms with Crippen LogP contribution in [0.1, 0.15) is 37.6 Å². The van der Waals surface area contributed by atoms with E-state index in [0.29, 0.717) is 0 Å². The summed E-state index contributed by atoms with van der Waals surface area (Å²) in [7, 11) is 1.88. The lowest BCUT2D eigenvalue weighted by Crippen LogP contribution is -2.08. The summed E-state index contributed by atoms with van der Waals surface area (Å²) < 4.78 is 5.78. The van der Waals surface area contributed by atoms with Crippen molar-refractivity contribution < 1.29 is 4.74 Å². The first-order valence-corrected chi connectivity index (χ1v) is 6.42. The molecular formula is C13H21N3O. The van der Waals surface area contributed by atoms with Gasteiger partial charge in [-0.2, -0.15) is 4.98 Å². The Morgan fingerprint density at radius 2 is 2.12 bits per heavy atom. The van der Waals surface area contributed by atoms with E-state index in [1.54, 1.807) is 0 Å². The van der Waals surface area contributed by atoms with Gasteiger partial charge >= 0.3 is 0 Å². The molecule has 1 fully saturated rings. The van der Waals surface area contributed by atoms with Gasteiger partial charge in [-0.1, -0.05) is 19.8 Å². The Bertz CT molecular complexity index is 388. The van der Waals surface area contributed by atoms with Crippen LogP contribution in [0.3, 0.4) is 0 Å². The minimum Gasteiger partial charge on any atom is -0.477 e. The molecule has 0 radical (unpaired) electrons. The van der Waals surface area contributed by atoms with Gasteiger partial charge < -0.3 is 10.1 Å². The highest BCUT2D eigenvalue weighted by Gasteiger charge is 2.21. The maximum absolute atomic E-state index is 5.78. The van der Waals surface area contributed by atoms with Crippen LogP contribution in [0.2, 0.25) is 0 Å². The first-order chi connectivity index (χ1) is 8.24. The fourth-order valence-electron chi connectivity index (χ4n) is 1.81. The largest absolute Gasteiger partial charge is 0.477 e. The van der Waals surface area contributed by atoms with Gasteiger partial charge in [-0.05, 0) is 19.3 Å². The van der Waals surface area contributed by atoms with Gasteiger partial charge in [0.05, 0.1) is 12.2 Å². The van der Waals surface area contributed by atoms with Crippen molar-refractivity contribution in [1.29, 1.82) is 0 Å². The zero-order valence-corrected chi connectivity index (χ0v) is 10.9. The van der Waals surface area contributed by atoms with Crippen LogP contribution in [0.4, 0.5) is 5.82 Å². The first-order valence-electron chi connectivity index (χ1n) is 6.42. The van der Waals surface area contributed by atoms with E-state index in [1.165, 1.54) is 12.8 Å². The van der Waals surface area contributed by atoms with Gasteiger partial charge in [-0.3, -0.25) is 0 Å². The van der Waals surface area contributed by atoms with Crippen LogP contribution in [-0.4, -0.2) is 23.6 Å². The lowest BCUT2D eigenvalue weighted by molar-refractivity contribution is 0.288. The molecule has 4 nitrogen and oxygen atoms in total. The average molecular weight is 235 g/mol. The quantitative estimate of drug-likeness (QED) is 0.823. The Labute approximate surface area is 103 Å². The SMILES string of the molecule is CCc1nc(NC)c(C)c(OCCC2CC2)n1. The molecule has 1 aliphatic carbocycles. The minimum atomic E-state index is 0.738. The fourth-order valence-corrected chi connectivity index (χ4v) is 1.81. The highest BCUT2D eigenvalue weighted by Crippen LogP contribution is 2.32. The number of nitrogens with zero attached hydrogens (tertiary/aromatic N) is 2. The second-order valence-corrected chi connectivity index (χ2v) is 4.60. The fraction of sp³-hybridized carbons (Fsp3) is 0.692. The van der Waals surface area contributed by atoms with Crippen molar-refractivity contribution in [2.24, 2.45) is 5.92 Å². The molecule has 1 heterocycles. The van der Waals surface area contributed by atoms with Crippen LogP contribution < -0.4 is 10.1 Å². The Balaban J connectivity index is 2.06. The maximum Gasteiger partial charge on any atom is 0.221 e.